The van der Waals surface area contributed by atoms with Gasteiger partial charge in [-0.05, 0) is 31.4 Å². The third-order valence-corrected chi connectivity index (χ3v) is 5.73. The van der Waals surface area contributed by atoms with Gasteiger partial charge in [-0.2, -0.15) is 8.42 Å². The summed E-state index contributed by atoms with van der Waals surface area (Å²) in [4.78, 5) is 54.0. The molecule has 2 rings (SSSR count). The van der Waals surface area contributed by atoms with Crippen molar-refractivity contribution in [3.8, 4) is 0 Å². The SMILES string of the molecule is C=[N+]=Nc1ccc(CCCCCCC(=O)ON2C(=O)CC(S(=O)(=O)O)C2=O)c([N+](=O)[O-])c1.[H-].[Na+]. The Morgan fingerprint density at radius 2 is 2.00 bits per heavy atom. The Labute approximate surface area is 212 Å². The fourth-order valence-electron chi connectivity index (χ4n) is 3.07. The minimum Gasteiger partial charge on any atom is -1.00 e. The Morgan fingerprint density at radius 1 is 1.33 bits per heavy atom. The van der Waals surface area contributed by atoms with Crippen molar-refractivity contribution in [1.29, 1.82) is 0 Å². The second kappa shape index (κ2) is 12.7. The summed E-state index contributed by atoms with van der Waals surface area (Å²) in [6.45, 7) is 3.20. The molecule has 0 aromatic heterocycles. The second-order valence-corrected chi connectivity index (χ2v) is 8.52. The zero-order valence-electron chi connectivity index (χ0n) is 18.9. The van der Waals surface area contributed by atoms with Crippen LogP contribution in [-0.4, -0.2) is 57.5 Å². The van der Waals surface area contributed by atoms with Gasteiger partial charge in [0.05, 0.1) is 11.3 Å². The molecule has 1 aliphatic heterocycles. The van der Waals surface area contributed by atoms with E-state index in [4.69, 9.17) is 4.55 Å². The van der Waals surface area contributed by atoms with Gasteiger partial charge < -0.3 is 6.26 Å². The number of aryl methyl sites for hydroxylation is 1. The van der Waals surface area contributed by atoms with Crippen molar-refractivity contribution >= 4 is 46.0 Å². The Kier molecular flexibility index (Phi) is 11.0. The molecule has 1 N–H and O–H groups in total. The van der Waals surface area contributed by atoms with Gasteiger partial charge in [0.2, 0.25) is 0 Å². The Morgan fingerprint density at radius 3 is 2.58 bits per heavy atom. The molecule has 0 aliphatic carbocycles. The number of unbranched alkanes of at least 4 members (excludes halogenated alkanes) is 3. The van der Waals surface area contributed by atoms with Crippen LogP contribution in [0.25, 0.3) is 0 Å². The van der Waals surface area contributed by atoms with Crippen molar-refractivity contribution in [2.75, 3.05) is 0 Å². The van der Waals surface area contributed by atoms with Crippen LogP contribution in [0.4, 0.5) is 11.4 Å². The first kappa shape index (κ1) is 28.6. The molecule has 1 saturated heterocycles. The van der Waals surface area contributed by atoms with Crippen molar-refractivity contribution in [3.05, 3.63) is 33.9 Å². The van der Waals surface area contributed by atoms with Crippen molar-refractivity contribution in [2.45, 2.75) is 50.2 Å². The number of benzene rings is 1. The number of nitro benzene ring substituents is 1. The summed E-state index contributed by atoms with van der Waals surface area (Å²) in [6.07, 6.45) is 1.72. The van der Waals surface area contributed by atoms with Crippen LogP contribution in [0.5, 0.6) is 0 Å². The maximum atomic E-state index is 11.8. The molecule has 0 spiro atoms. The zero-order chi connectivity index (χ0) is 23.9. The summed E-state index contributed by atoms with van der Waals surface area (Å²) in [7, 11) is -4.78. The Hall–Kier alpha value is -2.48. The molecule has 33 heavy (non-hydrogen) atoms. The molecule has 0 radical (unpaired) electrons. The number of carbonyl (C=O) groups is 3. The molecular formula is C18H22N4NaO9S+. The smallest absolute Gasteiger partial charge is 1.00 e. The number of nitro groups is 1. The normalized spacial score (nSPS) is 15.5. The molecule has 0 saturated carbocycles. The number of imide groups is 1. The van der Waals surface area contributed by atoms with Crippen LogP contribution in [-0.2, 0) is 35.8 Å². The fraction of sp³-hybridized carbons (Fsp3) is 0.444. The van der Waals surface area contributed by atoms with Crippen LogP contribution in [0.2, 0.25) is 0 Å². The number of hydroxylamine groups is 2. The molecule has 1 heterocycles. The fourth-order valence-corrected chi connectivity index (χ4v) is 3.78. The molecule has 1 aromatic rings. The van der Waals surface area contributed by atoms with E-state index in [1.165, 1.54) is 6.07 Å². The molecule has 1 atom stereocenters. The van der Waals surface area contributed by atoms with E-state index >= 15 is 0 Å². The topological polar surface area (TPSA) is 188 Å². The third kappa shape index (κ3) is 8.11. The summed E-state index contributed by atoms with van der Waals surface area (Å²) in [6, 6.07) is 4.51. The number of rotatable bonds is 11. The van der Waals surface area contributed by atoms with E-state index in [1.54, 1.807) is 12.1 Å². The molecule has 1 fully saturated rings. The first-order valence-electron chi connectivity index (χ1n) is 9.52. The molecule has 2 amide bonds. The van der Waals surface area contributed by atoms with E-state index < -0.39 is 44.5 Å². The van der Waals surface area contributed by atoms with Gasteiger partial charge in [-0.15, -0.1) is 5.06 Å². The van der Waals surface area contributed by atoms with Gasteiger partial charge in [0, 0.05) is 22.8 Å². The predicted octanol–water partition coefficient (Wildman–Crippen LogP) is -1.33. The Bertz CT molecular complexity index is 1090. The van der Waals surface area contributed by atoms with Crippen LogP contribution in [0.3, 0.4) is 0 Å². The van der Waals surface area contributed by atoms with Gasteiger partial charge in [-0.1, -0.05) is 12.8 Å². The molecule has 1 unspecified atom stereocenters. The van der Waals surface area contributed by atoms with E-state index in [0.717, 1.165) is 0 Å². The van der Waals surface area contributed by atoms with Gasteiger partial charge in [-0.25, -0.2) is 4.79 Å². The van der Waals surface area contributed by atoms with Crippen LogP contribution < -0.4 is 29.6 Å². The summed E-state index contributed by atoms with van der Waals surface area (Å²) in [5.41, 5.74) is 0.797. The molecule has 1 aromatic carbocycles. The van der Waals surface area contributed by atoms with E-state index in [0.29, 0.717) is 43.4 Å². The van der Waals surface area contributed by atoms with Crippen molar-refractivity contribution in [3.63, 3.8) is 0 Å². The van der Waals surface area contributed by atoms with Crippen LogP contribution in [0.1, 0.15) is 45.5 Å². The average Bonchev–Trinajstić information content (AvgIpc) is 3.00. The average molecular weight is 493 g/mol. The predicted molar refractivity (Wildman–Crippen MR) is 108 cm³/mol. The maximum Gasteiger partial charge on any atom is 1.00 e. The summed E-state index contributed by atoms with van der Waals surface area (Å²) in [5.74, 6) is -3.24. The first-order chi connectivity index (χ1) is 15.0. The minimum atomic E-state index is -4.78. The van der Waals surface area contributed by atoms with Crippen molar-refractivity contribution in [1.82, 2.24) is 5.06 Å². The summed E-state index contributed by atoms with van der Waals surface area (Å²) >= 11 is 0. The van der Waals surface area contributed by atoms with Crippen LogP contribution >= 0.6 is 0 Å². The number of hydrogen-bond acceptors (Lipinski definition) is 9. The monoisotopic (exact) mass is 493 g/mol. The molecule has 13 nitrogen and oxygen atoms in total. The van der Waals surface area contributed by atoms with E-state index in [1.807, 2.05) is 0 Å². The van der Waals surface area contributed by atoms with E-state index in [-0.39, 0.29) is 48.2 Å². The Balaban J connectivity index is 0.00000544. The maximum absolute atomic E-state index is 11.8. The van der Waals surface area contributed by atoms with Gasteiger partial charge >= 0.3 is 35.5 Å². The van der Waals surface area contributed by atoms with Crippen LogP contribution in [0, 0.1) is 10.1 Å². The standard InChI is InChI=1S/C18H20N4O9S.Na.H/c1-19-20-13-9-8-12(14(10-13)22(26)27)6-4-2-3-5-7-17(24)31-21-16(23)11-15(18(21)25)32(28,29)30;;/h8-10,15H,1-7,11H2;;/q;+1;-1/p+1. The molecule has 1 aliphatic rings. The van der Waals surface area contributed by atoms with Gasteiger partial charge in [0.1, 0.15) is 5.11 Å². The van der Waals surface area contributed by atoms with E-state index in [2.05, 4.69) is 21.5 Å². The van der Waals surface area contributed by atoms with Gasteiger partial charge in [0.25, 0.3) is 34.3 Å². The molecule has 15 heteroatoms. The number of amides is 2. The zero-order valence-corrected chi connectivity index (χ0v) is 20.7. The molecule has 174 valence electrons. The summed E-state index contributed by atoms with van der Waals surface area (Å²) < 4.78 is 31.1. The van der Waals surface area contributed by atoms with Crippen LogP contribution in [0.15, 0.2) is 23.3 Å². The summed E-state index contributed by atoms with van der Waals surface area (Å²) in [5, 5.41) is 13.0. The van der Waals surface area contributed by atoms with Crippen molar-refractivity contribution < 1.29 is 72.9 Å². The van der Waals surface area contributed by atoms with Crippen molar-refractivity contribution in [2.24, 2.45) is 5.11 Å². The number of nitrogens with zero attached hydrogens (tertiary/aromatic N) is 4. The number of hydrogen-bond donors (Lipinski definition) is 1. The molecular weight excluding hydrogens is 471 g/mol. The first-order valence-corrected chi connectivity index (χ1v) is 11.0. The largest absolute Gasteiger partial charge is 1.00 e. The van der Waals surface area contributed by atoms with E-state index in [9.17, 15) is 32.9 Å². The quantitative estimate of drug-likeness (QED) is 0.0448. The second-order valence-electron chi connectivity index (χ2n) is 6.92. The van der Waals surface area contributed by atoms with Gasteiger partial charge in [-0.3, -0.25) is 24.3 Å². The third-order valence-electron chi connectivity index (χ3n) is 4.64. The van der Waals surface area contributed by atoms with Gasteiger partial charge in [0.15, 0.2) is 10.9 Å². The number of carbonyl (C=O) groups excluding carboxylic acids is 3. The molecule has 0 bridgehead atoms. The minimum absolute atomic E-state index is 0.